The number of aryl methyl sites for hydroxylation is 1. The summed E-state index contributed by atoms with van der Waals surface area (Å²) in [6.45, 7) is 8.49. The molecule has 2 heterocycles. The van der Waals surface area contributed by atoms with Crippen molar-refractivity contribution in [3.8, 4) is 0 Å². The maximum Gasteiger partial charge on any atom is 0.146 e. The van der Waals surface area contributed by atoms with Crippen molar-refractivity contribution < 1.29 is 0 Å². The average molecular weight is 237 g/mol. The number of piperidine rings is 1. The third kappa shape index (κ3) is 3.04. The molecular weight excluding hydrogens is 214 g/mol. The van der Waals surface area contributed by atoms with Crippen molar-refractivity contribution in [2.45, 2.75) is 39.3 Å². The molecule has 0 amide bonds. The molecule has 1 aromatic rings. The molecule has 1 fully saturated rings. The summed E-state index contributed by atoms with van der Waals surface area (Å²) in [5, 5.41) is 11.8. The number of aromatic nitrogens is 3. The van der Waals surface area contributed by atoms with E-state index in [1.165, 1.54) is 12.8 Å². The Bertz CT molecular complexity index is 352. The van der Waals surface area contributed by atoms with Crippen LogP contribution in [0.4, 0.5) is 0 Å². The summed E-state index contributed by atoms with van der Waals surface area (Å²) in [7, 11) is 2.04. The van der Waals surface area contributed by atoms with Crippen LogP contribution < -0.4 is 5.32 Å². The zero-order chi connectivity index (χ0) is 12.3. The van der Waals surface area contributed by atoms with Gasteiger partial charge < -0.3 is 9.88 Å². The normalized spacial score (nSPS) is 18.8. The second kappa shape index (κ2) is 5.60. The largest absolute Gasteiger partial charge is 0.317 e. The minimum Gasteiger partial charge on any atom is -0.317 e. The van der Waals surface area contributed by atoms with E-state index in [9.17, 15) is 0 Å². The molecule has 2 rings (SSSR count). The summed E-state index contributed by atoms with van der Waals surface area (Å²) >= 11 is 0. The summed E-state index contributed by atoms with van der Waals surface area (Å²) in [6.07, 6.45) is 2.48. The highest BCUT2D eigenvalue weighted by Crippen LogP contribution is 2.12. The molecule has 0 aromatic carbocycles. The van der Waals surface area contributed by atoms with E-state index in [1.54, 1.807) is 0 Å². The molecule has 96 valence electrons. The number of hydrogen-bond acceptors (Lipinski definition) is 4. The summed E-state index contributed by atoms with van der Waals surface area (Å²) in [5.41, 5.74) is 0. The average Bonchev–Trinajstić information content (AvgIpc) is 2.64. The molecule has 1 aliphatic heterocycles. The van der Waals surface area contributed by atoms with Gasteiger partial charge in [0.15, 0.2) is 0 Å². The molecule has 1 N–H and O–H groups in total. The van der Waals surface area contributed by atoms with Gasteiger partial charge in [-0.25, -0.2) is 0 Å². The smallest absolute Gasteiger partial charge is 0.146 e. The van der Waals surface area contributed by atoms with E-state index in [0.717, 1.165) is 37.8 Å². The maximum absolute atomic E-state index is 4.22. The Labute approximate surface area is 103 Å². The quantitative estimate of drug-likeness (QED) is 0.837. The second-order valence-corrected chi connectivity index (χ2v) is 4.83. The van der Waals surface area contributed by atoms with Crippen molar-refractivity contribution in [2.24, 2.45) is 7.05 Å². The fourth-order valence-corrected chi connectivity index (χ4v) is 2.37. The van der Waals surface area contributed by atoms with Gasteiger partial charge in [0.25, 0.3) is 0 Å². The fraction of sp³-hybridized carbons (Fsp3) is 0.833. The van der Waals surface area contributed by atoms with Gasteiger partial charge in [-0.2, -0.15) is 0 Å². The van der Waals surface area contributed by atoms with Crippen LogP contribution in [0.3, 0.4) is 0 Å². The van der Waals surface area contributed by atoms with Crippen molar-refractivity contribution in [3.05, 3.63) is 11.6 Å². The lowest BCUT2D eigenvalue weighted by molar-refractivity contribution is 0.186. The van der Waals surface area contributed by atoms with Crippen molar-refractivity contribution in [1.29, 1.82) is 0 Å². The van der Waals surface area contributed by atoms with Gasteiger partial charge in [-0.15, -0.1) is 10.2 Å². The molecule has 17 heavy (non-hydrogen) atoms. The standard InChI is InChI=1S/C12H23N5/c1-4-13-11-5-7-17(8-6-11)9-12-15-14-10(2)16(12)3/h11,13H,4-9H2,1-3H3. The maximum atomic E-state index is 4.22. The van der Waals surface area contributed by atoms with Crippen LogP contribution in [0.5, 0.6) is 0 Å². The molecule has 0 atom stereocenters. The fourth-order valence-electron chi connectivity index (χ4n) is 2.37. The molecule has 5 nitrogen and oxygen atoms in total. The Morgan fingerprint density at radius 3 is 2.53 bits per heavy atom. The molecule has 0 spiro atoms. The number of likely N-dealkylation sites (tertiary alicyclic amines) is 1. The second-order valence-electron chi connectivity index (χ2n) is 4.83. The Morgan fingerprint density at radius 2 is 2.00 bits per heavy atom. The van der Waals surface area contributed by atoms with Crippen molar-refractivity contribution in [3.63, 3.8) is 0 Å². The first-order valence-electron chi connectivity index (χ1n) is 6.51. The van der Waals surface area contributed by atoms with Crippen LogP contribution in [-0.2, 0) is 13.6 Å². The lowest BCUT2D eigenvalue weighted by Gasteiger charge is -2.31. The molecule has 1 aliphatic rings. The monoisotopic (exact) mass is 237 g/mol. The topological polar surface area (TPSA) is 46.0 Å². The first kappa shape index (κ1) is 12.5. The van der Waals surface area contributed by atoms with E-state index in [1.807, 2.05) is 14.0 Å². The molecule has 5 heteroatoms. The van der Waals surface area contributed by atoms with Crippen LogP contribution in [0.2, 0.25) is 0 Å². The number of hydrogen-bond donors (Lipinski definition) is 1. The minimum absolute atomic E-state index is 0.706. The van der Waals surface area contributed by atoms with E-state index in [-0.39, 0.29) is 0 Å². The van der Waals surface area contributed by atoms with Gasteiger partial charge in [-0.05, 0) is 26.3 Å². The molecular formula is C12H23N5. The van der Waals surface area contributed by atoms with Crippen LogP contribution in [0.25, 0.3) is 0 Å². The van der Waals surface area contributed by atoms with Crippen molar-refractivity contribution >= 4 is 0 Å². The predicted octanol–water partition coefficient (Wildman–Crippen LogP) is 0.697. The van der Waals surface area contributed by atoms with Gasteiger partial charge in [-0.3, -0.25) is 4.90 Å². The molecule has 1 saturated heterocycles. The SMILES string of the molecule is CCNC1CCN(Cc2nnc(C)n2C)CC1. The predicted molar refractivity (Wildman–Crippen MR) is 67.7 cm³/mol. The number of nitrogens with one attached hydrogen (secondary N) is 1. The lowest BCUT2D eigenvalue weighted by atomic mass is 10.1. The van der Waals surface area contributed by atoms with Crippen LogP contribution in [0, 0.1) is 6.92 Å². The lowest BCUT2D eigenvalue weighted by Crippen LogP contribution is -2.42. The molecule has 0 unspecified atom stereocenters. The number of nitrogens with zero attached hydrogens (tertiary/aromatic N) is 4. The number of rotatable bonds is 4. The zero-order valence-corrected chi connectivity index (χ0v) is 11.1. The summed E-state index contributed by atoms with van der Waals surface area (Å²) in [4.78, 5) is 2.47. The van der Waals surface area contributed by atoms with E-state index >= 15 is 0 Å². The third-order valence-electron chi connectivity index (χ3n) is 3.63. The highest BCUT2D eigenvalue weighted by Gasteiger charge is 2.19. The van der Waals surface area contributed by atoms with Gasteiger partial charge in [0.1, 0.15) is 11.6 Å². The van der Waals surface area contributed by atoms with Crippen LogP contribution in [0.15, 0.2) is 0 Å². The highest BCUT2D eigenvalue weighted by atomic mass is 15.3. The first-order chi connectivity index (χ1) is 8.20. The Hall–Kier alpha value is -0.940. The van der Waals surface area contributed by atoms with E-state index < -0.39 is 0 Å². The summed E-state index contributed by atoms with van der Waals surface area (Å²) in [5.74, 6) is 2.06. The van der Waals surface area contributed by atoms with Gasteiger partial charge in [-0.1, -0.05) is 6.92 Å². The first-order valence-corrected chi connectivity index (χ1v) is 6.51. The van der Waals surface area contributed by atoms with Crippen molar-refractivity contribution in [1.82, 2.24) is 25.0 Å². The zero-order valence-electron chi connectivity index (χ0n) is 11.1. The minimum atomic E-state index is 0.706. The molecule has 1 aromatic heterocycles. The van der Waals surface area contributed by atoms with Crippen LogP contribution in [-0.4, -0.2) is 45.3 Å². The van der Waals surface area contributed by atoms with E-state index in [0.29, 0.717) is 6.04 Å². The third-order valence-corrected chi connectivity index (χ3v) is 3.63. The summed E-state index contributed by atoms with van der Waals surface area (Å²) in [6, 6.07) is 0.706. The van der Waals surface area contributed by atoms with Crippen LogP contribution in [0.1, 0.15) is 31.4 Å². The van der Waals surface area contributed by atoms with Gasteiger partial charge in [0, 0.05) is 26.2 Å². The Kier molecular flexibility index (Phi) is 4.12. The van der Waals surface area contributed by atoms with Crippen LogP contribution >= 0.6 is 0 Å². The van der Waals surface area contributed by atoms with Gasteiger partial charge >= 0.3 is 0 Å². The molecule has 0 bridgehead atoms. The highest BCUT2D eigenvalue weighted by molar-refractivity contribution is 4.93. The van der Waals surface area contributed by atoms with Gasteiger partial charge in [0.2, 0.25) is 0 Å². The van der Waals surface area contributed by atoms with Gasteiger partial charge in [0.05, 0.1) is 6.54 Å². The summed E-state index contributed by atoms with van der Waals surface area (Å²) < 4.78 is 2.08. The molecule has 0 aliphatic carbocycles. The van der Waals surface area contributed by atoms with E-state index in [4.69, 9.17) is 0 Å². The Balaban J connectivity index is 1.84. The van der Waals surface area contributed by atoms with E-state index in [2.05, 4.69) is 31.9 Å². The Morgan fingerprint density at radius 1 is 1.29 bits per heavy atom. The molecule has 0 saturated carbocycles. The van der Waals surface area contributed by atoms with Crippen molar-refractivity contribution in [2.75, 3.05) is 19.6 Å². The molecule has 0 radical (unpaired) electrons.